The quantitative estimate of drug-likeness (QED) is 0.390. The van der Waals surface area contributed by atoms with Crippen molar-refractivity contribution in [1.29, 1.82) is 0 Å². The van der Waals surface area contributed by atoms with Crippen LogP contribution >= 0.6 is 11.8 Å². The minimum Gasteiger partial charge on any atom is -0.296 e. The molecular weight excluding hydrogens is 409 g/mol. The highest BCUT2D eigenvalue weighted by atomic mass is 32.2. The first-order valence-corrected chi connectivity index (χ1v) is 11.6. The highest BCUT2D eigenvalue weighted by molar-refractivity contribution is 7.98. The summed E-state index contributed by atoms with van der Waals surface area (Å²) in [5.74, 6) is 1.27. The molecule has 1 saturated heterocycles. The number of likely N-dealkylation sites (tertiary alicyclic amines) is 1. The standard InChI is InChI=1S/C24H24FN5S/c25-20-14-18-8-7-11-26-23(18)19(15-20)17-31-24-28-27-22(16-29-12-5-2-6-13-29)30(24)21-9-3-1-4-10-21/h1,3-4,7-11,14-15H,2,5-6,12-13,16-17H2. The third-order valence-corrected chi connectivity index (χ3v) is 6.61. The molecule has 0 amide bonds. The molecule has 0 N–H and O–H groups in total. The zero-order chi connectivity index (χ0) is 21.0. The van der Waals surface area contributed by atoms with Gasteiger partial charge in [0.1, 0.15) is 5.82 Å². The second kappa shape index (κ2) is 9.16. The summed E-state index contributed by atoms with van der Waals surface area (Å²) in [6.45, 7) is 2.99. The van der Waals surface area contributed by atoms with Crippen LogP contribution in [0.2, 0.25) is 0 Å². The fourth-order valence-corrected chi connectivity index (χ4v) is 5.07. The number of thioether (sulfide) groups is 1. The number of halogens is 1. The summed E-state index contributed by atoms with van der Waals surface area (Å²) in [6.07, 6.45) is 5.53. The number of piperidine rings is 1. The summed E-state index contributed by atoms with van der Waals surface area (Å²) >= 11 is 1.57. The van der Waals surface area contributed by atoms with Gasteiger partial charge in [0.05, 0.1) is 12.1 Å². The van der Waals surface area contributed by atoms with Crippen molar-refractivity contribution in [2.45, 2.75) is 36.7 Å². The van der Waals surface area contributed by atoms with Gasteiger partial charge in [0.2, 0.25) is 0 Å². The van der Waals surface area contributed by atoms with Crippen LogP contribution in [0.4, 0.5) is 4.39 Å². The van der Waals surface area contributed by atoms with Crippen LogP contribution in [-0.2, 0) is 12.3 Å². The van der Waals surface area contributed by atoms with Gasteiger partial charge < -0.3 is 0 Å². The van der Waals surface area contributed by atoms with E-state index in [0.717, 1.165) is 52.8 Å². The minimum atomic E-state index is -0.244. The first kappa shape index (κ1) is 20.2. The Labute approximate surface area is 185 Å². The fraction of sp³-hybridized carbons (Fsp3) is 0.292. The van der Waals surface area contributed by atoms with Crippen molar-refractivity contribution in [3.8, 4) is 5.69 Å². The molecule has 1 aliphatic heterocycles. The highest BCUT2D eigenvalue weighted by Crippen LogP contribution is 2.29. The summed E-state index contributed by atoms with van der Waals surface area (Å²) in [6, 6.07) is 17.0. The summed E-state index contributed by atoms with van der Waals surface area (Å²) < 4.78 is 16.3. The SMILES string of the molecule is Fc1cc(CSc2nnc(CN3CCCCC3)n2-c2ccccc2)c2ncccc2c1. The molecule has 5 rings (SSSR count). The number of hydrogen-bond acceptors (Lipinski definition) is 5. The van der Waals surface area contributed by atoms with E-state index in [-0.39, 0.29) is 5.82 Å². The zero-order valence-corrected chi connectivity index (χ0v) is 18.1. The molecule has 0 aliphatic carbocycles. The van der Waals surface area contributed by atoms with Crippen molar-refractivity contribution in [3.63, 3.8) is 0 Å². The number of nitrogens with zero attached hydrogens (tertiary/aromatic N) is 5. The van der Waals surface area contributed by atoms with E-state index in [9.17, 15) is 4.39 Å². The lowest BCUT2D eigenvalue weighted by molar-refractivity contribution is 0.214. The molecule has 5 nitrogen and oxygen atoms in total. The normalized spacial score (nSPS) is 14.9. The molecule has 7 heteroatoms. The van der Waals surface area contributed by atoms with Crippen LogP contribution < -0.4 is 0 Å². The molecule has 3 heterocycles. The Balaban J connectivity index is 1.45. The first-order chi connectivity index (χ1) is 15.3. The molecule has 0 spiro atoms. The lowest BCUT2D eigenvalue weighted by atomic mass is 10.1. The van der Waals surface area contributed by atoms with E-state index >= 15 is 0 Å². The van der Waals surface area contributed by atoms with Crippen LogP contribution in [0.5, 0.6) is 0 Å². The average Bonchev–Trinajstić information content (AvgIpc) is 3.21. The van der Waals surface area contributed by atoms with Crippen molar-refractivity contribution in [2.24, 2.45) is 0 Å². The summed E-state index contributed by atoms with van der Waals surface area (Å²) in [5, 5.41) is 10.7. The molecule has 1 fully saturated rings. The van der Waals surface area contributed by atoms with Gasteiger partial charge in [-0.3, -0.25) is 14.5 Å². The lowest BCUT2D eigenvalue weighted by Crippen LogP contribution is -2.30. The van der Waals surface area contributed by atoms with E-state index in [1.807, 2.05) is 30.3 Å². The van der Waals surface area contributed by atoms with Crippen molar-refractivity contribution < 1.29 is 4.39 Å². The molecular formula is C24H24FN5S. The van der Waals surface area contributed by atoms with Crippen molar-refractivity contribution in [1.82, 2.24) is 24.6 Å². The van der Waals surface area contributed by atoms with E-state index in [4.69, 9.17) is 0 Å². The van der Waals surface area contributed by atoms with Crippen LogP contribution in [-0.4, -0.2) is 37.7 Å². The molecule has 4 aromatic rings. The van der Waals surface area contributed by atoms with Crippen LogP contribution in [0.15, 0.2) is 66.0 Å². The Morgan fingerprint density at radius 3 is 2.61 bits per heavy atom. The van der Waals surface area contributed by atoms with Gasteiger partial charge in [-0.25, -0.2) is 4.39 Å². The van der Waals surface area contributed by atoms with E-state index in [1.54, 1.807) is 24.0 Å². The van der Waals surface area contributed by atoms with Crippen LogP contribution in [0.3, 0.4) is 0 Å². The summed E-state index contributed by atoms with van der Waals surface area (Å²) in [4.78, 5) is 6.92. The molecule has 0 saturated carbocycles. The van der Waals surface area contributed by atoms with Gasteiger partial charge >= 0.3 is 0 Å². The number of aromatic nitrogens is 4. The smallest absolute Gasteiger partial charge is 0.196 e. The van der Waals surface area contributed by atoms with E-state index < -0.39 is 0 Å². The molecule has 31 heavy (non-hydrogen) atoms. The van der Waals surface area contributed by atoms with Crippen LogP contribution in [0.25, 0.3) is 16.6 Å². The van der Waals surface area contributed by atoms with E-state index in [1.165, 1.54) is 25.3 Å². The molecule has 0 radical (unpaired) electrons. The summed E-state index contributed by atoms with van der Waals surface area (Å²) in [5.41, 5.74) is 2.74. The van der Waals surface area contributed by atoms with Gasteiger partial charge in [-0.15, -0.1) is 10.2 Å². The number of benzene rings is 2. The molecule has 0 unspecified atom stereocenters. The van der Waals surface area contributed by atoms with Gasteiger partial charge in [0.25, 0.3) is 0 Å². The third-order valence-electron chi connectivity index (χ3n) is 5.63. The van der Waals surface area contributed by atoms with Gasteiger partial charge in [-0.05, 0) is 61.8 Å². The lowest BCUT2D eigenvalue weighted by Gasteiger charge is -2.26. The topological polar surface area (TPSA) is 46.8 Å². The van der Waals surface area contributed by atoms with Crippen LogP contribution in [0, 0.1) is 5.82 Å². The predicted molar refractivity (Wildman–Crippen MR) is 122 cm³/mol. The minimum absolute atomic E-state index is 0.244. The first-order valence-electron chi connectivity index (χ1n) is 10.7. The Kier molecular flexibility index (Phi) is 5.95. The monoisotopic (exact) mass is 433 g/mol. The number of hydrogen-bond donors (Lipinski definition) is 0. The second-order valence-electron chi connectivity index (χ2n) is 7.84. The maximum atomic E-state index is 14.2. The average molecular weight is 434 g/mol. The number of para-hydroxylation sites is 1. The molecule has 0 atom stereocenters. The second-order valence-corrected chi connectivity index (χ2v) is 8.78. The Morgan fingerprint density at radius 1 is 0.935 bits per heavy atom. The fourth-order valence-electron chi connectivity index (χ4n) is 4.13. The predicted octanol–water partition coefficient (Wildman–Crippen LogP) is 5.23. The van der Waals surface area contributed by atoms with E-state index in [2.05, 4.69) is 36.8 Å². The van der Waals surface area contributed by atoms with E-state index in [0.29, 0.717) is 5.75 Å². The third kappa shape index (κ3) is 4.48. The van der Waals surface area contributed by atoms with Crippen molar-refractivity contribution >= 4 is 22.7 Å². The van der Waals surface area contributed by atoms with Crippen molar-refractivity contribution in [2.75, 3.05) is 13.1 Å². The largest absolute Gasteiger partial charge is 0.296 e. The van der Waals surface area contributed by atoms with Crippen LogP contribution in [0.1, 0.15) is 30.7 Å². The Morgan fingerprint density at radius 2 is 1.77 bits per heavy atom. The number of rotatable bonds is 6. The van der Waals surface area contributed by atoms with Gasteiger partial charge in [0, 0.05) is 23.0 Å². The zero-order valence-electron chi connectivity index (χ0n) is 17.2. The summed E-state index contributed by atoms with van der Waals surface area (Å²) in [7, 11) is 0. The molecule has 158 valence electrons. The Hall–Kier alpha value is -2.77. The molecule has 2 aromatic heterocycles. The van der Waals surface area contributed by atoms with Gasteiger partial charge in [-0.1, -0.05) is 42.4 Å². The highest BCUT2D eigenvalue weighted by Gasteiger charge is 2.19. The van der Waals surface area contributed by atoms with Crippen molar-refractivity contribution in [3.05, 3.63) is 78.0 Å². The van der Waals surface area contributed by atoms with Gasteiger partial charge in [-0.2, -0.15) is 0 Å². The number of fused-ring (bicyclic) bond motifs is 1. The molecule has 1 aliphatic rings. The van der Waals surface area contributed by atoms with Gasteiger partial charge in [0.15, 0.2) is 11.0 Å². The maximum Gasteiger partial charge on any atom is 0.196 e. The Bertz CT molecular complexity index is 1170. The maximum absolute atomic E-state index is 14.2. The molecule has 2 aromatic carbocycles. The molecule has 0 bridgehead atoms. The number of pyridine rings is 1.